The summed E-state index contributed by atoms with van der Waals surface area (Å²) in [4.78, 5) is 29.1. The standard InChI is InChI=1S/C24H29N7O/c1-30(23(32)12-25)16-17-3-2-4-19(11-17)21-14-28-24(29-15-21)31-9-7-18(8-10-31)20-5-6-22(26)27-13-20/h2-6,11,13-15,18H,7-10,12,16,25H2,1H3,(H2,26,27). The lowest BCUT2D eigenvalue weighted by Gasteiger charge is -2.32. The van der Waals surface area contributed by atoms with Crippen LogP contribution in [0.25, 0.3) is 11.1 Å². The molecule has 0 aliphatic carbocycles. The average molecular weight is 432 g/mol. The number of piperidine rings is 1. The molecule has 3 aromatic rings. The first-order chi connectivity index (χ1) is 15.5. The fourth-order valence-corrected chi connectivity index (χ4v) is 4.07. The molecule has 0 atom stereocenters. The quantitative estimate of drug-likeness (QED) is 0.616. The summed E-state index contributed by atoms with van der Waals surface area (Å²) in [6.45, 7) is 2.34. The number of hydrogen-bond donors (Lipinski definition) is 2. The van der Waals surface area contributed by atoms with Gasteiger partial charge in [-0.3, -0.25) is 4.79 Å². The minimum Gasteiger partial charge on any atom is -0.384 e. The molecule has 166 valence electrons. The maximum Gasteiger partial charge on any atom is 0.236 e. The molecule has 0 bridgehead atoms. The predicted octanol–water partition coefficient (Wildman–Crippen LogP) is 2.42. The molecule has 8 heteroatoms. The Hall–Kier alpha value is -3.52. The monoisotopic (exact) mass is 431 g/mol. The molecule has 8 nitrogen and oxygen atoms in total. The largest absolute Gasteiger partial charge is 0.384 e. The van der Waals surface area contributed by atoms with Gasteiger partial charge in [-0.1, -0.05) is 24.3 Å². The van der Waals surface area contributed by atoms with E-state index in [1.165, 1.54) is 5.56 Å². The highest BCUT2D eigenvalue weighted by Crippen LogP contribution is 2.29. The van der Waals surface area contributed by atoms with Crippen molar-refractivity contribution in [3.05, 3.63) is 66.1 Å². The third kappa shape index (κ3) is 5.03. The van der Waals surface area contributed by atoms with Gasteiger partial charge in [-0.2, -0.15) is 0 Å². The van der Waals surface area contributed by atoms with E-state index < -0.39 is 0 Å². The summed E-state index contributed by atoms with van der Waals surface area (Å²) in [5.41, 5.74) is 15.4. The highest BCUT2D eigenvalue weighted by atomic mass is 16.2. The summed E-state index contributed by atoms with van der Waals surface area (Å²) in [7, 11) is 1.76. The number of amides is 1. The second kappa shape index (κ2) is 9.74. The number of hydrogen-bond acceptors (Lipinski definition) is 7. The molecule has 0 saturated carbocycles. The smallest absolute Gasteiger partial charge is 0.236 e. The van der Waals surface area contributed by atoms with Gasteiger partial charge in [0.15, 0.2) is 0 Å². The molecule has 4 N–H and O–H groups in total. The fraction of sp³-hybridized carbons (Fsp3) is 0.333. The van der Waals surface area contributed by atoms with E-state index in [1.54, 1.807) is 11.9 Å². The SMILES string of the molecule is CN(Cc1cccc(-c2cnc(N3CCC(c4ccc(N)nc4)CC3)nc2)c1)C(=O)CN. The maximum absolute atomic E-state index is 11.7. The summed E-state index contributed by atoms with van der Waals surface area (Å²) < 4.78 is 0. The summed E-state index contributed by atoms with van der Waals surface area (Å²) in [5, 5.41) is 0. The van der Waals surface area contributed by atoms with E-state index in [-0.39, 0.29) is 12.5 Å². The van der Waals surface area contributed by atoms with Gasteiger partial charge in [-0.05, 0) is 47.6 Å². The lowest BCUT2D eigenvalue weighted by molar-refractivity contribution is -0.128. The van der Waals surface area contributed by atoms with Crippen LogP contribution in [-0.2, 0) is 11.3 Å². The van der Waals surface area contributed by atoms with Crippen molar-refractivity contribution in [3.63, 3.8) is 0 Å². The van der Waals surface area contributed by atoms with Crippen LogP contribution in [-0.4, -0.2) is 52.4 Å². The highest BCUT2D eigenvalue weighted by molar-refractivity contribution is 5.77. The number of aromatic nitrogens is 3. The van der Waals surface area contributed by atoms with Crippen molar-refractivity contribution in [3.8, 4) is 11.1 Å². The molecule has 4 rings (SSSR count). The number of pyridine rings is 1. The van der Waals surface area contributed by atoms with Crippen molar-refractivity contribution >= 4 is 17.7 Å². The summed E-state index contributed by atoms with van der Waals surface area (Å²) in [5.74, 6) is 1.72. The zero-order valence-corrected chi connectivity index (χ0v) is 18.3. The van der Waals surface area contributed by atoms with E-state index in [0.717, 1.165) is 48.6 Å². The number of likely N-dealkylation sites (N-methyl/N-ethyl adjacent to an activating group) is 1. The second-order valence-electron chi connectivity index (χ2n) is 8.20. The van der Waals surface area contributed by atoms with Crippen LogP contribution in [0.4, 0.5) is 11.8 Å². The molecule has 1 saturated heterocycles. The van der Waals surface area contributed by atoms with Gasteiger partial charge < -0.3 is 21.3 Å². The number of nitrogen functional groups attached to an aromatic ring is 1. The minimum atomic E-state index is -0.0838. The molecule has 1 aromatic carbocycles. The zero-order valence-electron chi connectivity index (χ0n) is 18.3. The molecule has 1 amide bonds. The zero-order chi connectivity index (χ0) is 22.5. The van der Waals surface area contributed by atoms with Crippen molar-refractivity contribution in [1.82, 2.24) is 19.9 Å². The lowest BCUT2D eigenvalue weighted by atomic mass is 9.90. The van der Waals surface area contributed by atoms with Crippen molar-refractivity contribution in [2.24, 2.45) is 5.73 Å². The molecule has 0 radical (unpaired) electrons. The molecule has 32 heavy (non-hydrogen) atoms. The normalized spacial score (nSPS) is 14.4. The van der Waals surface area contributed by atoms with Gasteiger partial charge in [0.1, 0.15) is 5.82 Å². The Morgan fingerprint density at radius 3 is 2.47 bits per heavy atom. The number of anilines is 2. The Balaban J connectivity index is 1.39. The molecule has 1 fully saturated rings. The predicted molar refractivity (Wildman–Crippen MR) is 126 cm³/mol. The van der Waals surface area contributed by atoms with E-state index >= 15 is 0 Å². The highest BCUT2D eigenvalue weighted by Gasteiger charge is 2.22. The van der Waals surface area contributed by atoms with Crippen molar-refractivity contribution in [2.75, 3.05) is 37.3 Å². The minimum absolute atomic E-state index is 0.0135. The van der Waals surface area contributed by atoms with E-state index in [0.29, 0.717) is 18.3 Å². The number of carbonyl (C=O) groups is 1. The summed E-state index contributed by atoms with van der Waals surface area (Å²) >= 11 is 0. The Labute approximate surface area is 188 Å². The van der Waals surface area contributed by atoms with Crippen molar-refractivity contribution in [1.29, 1.82) is 0 Å². The van der Waals surface area contributed by atoms with Crippen LogP contribution < -0.4 is 16.4 Å². The van der Waals surface area contributed by atoms with Crippen LogP contribution in [0.3, 0.4) is 0 Å². The average Bonchev–Trinajstić information content (AvgIpc) is 2.84. The molecule has 1 aliphatic rings. The van der Waals surface area contributed by atoms with Gasteiger partial charge in [-0.25, -0.2) is 15.0 Å². The third-order valence-electron chi connectivity index (χ3n) is 5.98. The van der Waals surface area contributed by atoms with Gasteiger partial charge in [0, 0.05) is 50.8 Å². The first-order valence-corrected chi connectivity index (χ1v) is 10.8. The van der Waals surface area contributed by atoms with E-state index in [4.69, 9.17) is 11.5 Å². The fourth-order valence-electron chi connectivity index (χ4n) is 4.07. The van der Waals surface area contributed by atoms with Gasteiger partial charge in [0.05, 0.1) is 6.54 Å². The Kier molecular flexibility index (Phi) is 6.61. The topological polar surface area (TPSA) is 114 Å². The van der Waals surface area contributed by atoms with Crippen molar-refractivity contribution < 1.29 is 4.79 Å². The number of nitrogens with two attached hydrogens (primary N) is 2. The number of benzene rings is 1. The summed E-state index contributed by atoms with van der Waals surface area (Å²) in [6.07, 6.45) is 7.69. The molecule has 0 spiro atoms. The van der Waals surface area contributed by atoms with Gasteiger partial charge in [-0.15, -0.1) is 0 Å². The molecule has 2 aromatic heterocycles. The van der Waals surface area contributed by atoms with E-state index in [9.17, 15) is 4.79 Å². The number of nitrogens with zero attached hydrogens (tertiary/aromatic N) is 5. The Bertz CT molecular complexity index is 1040. The van der Waals surface area contributed by atoms with Crippen LogP contribution in [0, 0.1) is 0 Å². The first-order valence-electron chi connectivity index (χ1n) is 10.8. The van der Waals surface area contributed by atoms with Crippen LogP contribution in [0.15, 0.2) is 55.0 Å². The number of rotatable bonds is 6. The van der Waals surface area contributed by atoms with Crippen LogP contribution in [0.2, 0.25) is 0 Å². The van der Waals surface area contributed by atoms with Gasteiger partial charge in [0.25, 0.3) is 0 Å². The molecule has 3 heterocycles. The van der Waals surface area contributed by atoms with Crippen LogP contribution in [0.5, 0.6) is 0 Å². The van der Waals surface area contributed by atoms with E-state index in [2.05, 4.69) is 32.0 Å². The van der Waals surface area contributed by atoms with Gasteiger partial charge in [0.2, 0.25) is 11.9 Å². The third-order valence-corrected chi connectivity index (χ3v) is 5.98. The van der Waals surface area contributed by atoms with Crippen molar-refractivity contribution in [2.45, 2.75) is 25.3 Å². The maximum atomic E-state index is 11.7. The summed E-state index contributed by atoms with van der Waals surface area (Å²) in [6, 6.07) is 12.0. The Morgan fingerprint density at radius 1 is 1.06 bits per heavy atom. The molecular formula is C24H29N7O. The molecular weight excluding hydrogens is 402 g/mol. The van der Waals surface area contributed by atoms with E-state index in [1.807, 2.05) is 42.9 Å². The van der Waals surface area contributed by atoms with Gasteiger partial charge >= 0.3 is 0 Å². The number of carbonyl (C=O) groups excluding carboxylic acids is 1. The van der Waals surface area contributed by atoms with Crippen LogP contribution in [0.1, 0.15) is 29.9 Å². The molecule has 1 aliphatic heterocycles. The Morgan fingerprint density at radius 2 is 1.81 bits per heavy atom. The molecule has 0 unspecified atom stereocenters. The first kappa shape index (κ1) is 21.7. The lowest BCUT2D eigenvalue weighted by Crippen LogP contribution is -2.34. The van der Waals surface area contributed by atoms with Crippen LogP contribution >= 0.6 is 0 Å². The second-order valence-corrected chi connectivity index (χ2v) is 8.20.